The molecule has 4 rings (SSSR count). The second-order valence-electron chi connectivity index (χ2n) is 5.49. The summed E-state index contributed by atoms with van der Waals surface area (Å²) >= 11 is 1.45. The molecule has 26 heavy (non-hydrogen) atoms. The lowest BCUT2D eigenvalue weighted by Crippen LogP contribution is -2.23. The molecule has 1 amide bonds. The zero-order valence-corrected chi connectivity index (χ0v) is 14.6. The Kier molecular flexibility index (Phi) is 4.28. The Bertz CT molecular complexity index is 1040. The molecule has 2 N–H and O–H groups in total. The summed E-state index contributed by atoms with van der Waals surface area (Å²) in [6.45, 7) is 2.16. The second-order valence-corrected chi connectivity index (χ2v) is 6.35. The highest BCUT2D eigenvalue weighted by molar-refractivity contribution is 7.13. The molecule has 4 aromatic rings. The molecule has 0 spiro atoms. The van der Waals surface area contributed by atoms with Gasteiger partial charge in [0.15, 0.2) is 11.5 Å². The minimum atomic E-state index is -0.287. The van der Waals surface area contributed by atoms with Crippen LogP contribution in [0.4, 0.5) is 0 Å². The van der Waals surface area contributed by atoms with Crippen molar-refractivity contribution in [1.82, 2.24) is 30.5 Å². The summed E-state index contributed by atoms with van der Waals surface area (Å²) in [5, 5.41) is 12.3. The molecule has 130 valence electrons. The number of carbonyl (C=O) groups is 1. The van der Waals surface area contributed by atoms with Crippen molar-refractivity contribution in [3.8, 4) is 22.2 Å². The Morgan fingerprint density at radius 3 is 3.04 bits per heavy atom. The predicted octanol–water partition coefficient (Wildman–Crippen LogP) is 2.82. The third kappa shape index (κ3) is 3.38. The van der Waals surface area contributed by atoms with Crippen LogP contribution >= 0.6 is 11.3 Å². The van der Waals surface area contributed by atoms with Gasteiger partial charge in [0.25, 0.3) is 5.91 Å². The van der Waals surface area contributed by atoms with E-state index in [1.807, 2.05) is 24.4 Å². The van der Waals surface area contributed by atoms with Crippen LogP contribution in [0.15, 0.2) is 46.6 Å². The summed E-state index contributed by atoms with van der Waals surface area (Å²) in [6, 6.07) is 5.33. The Balaban J connectivity index is 1.40. The van der Waals surface area contributed by atoms with Gasteiger partial charge >= 0.3 is 0 Å². The quantitative estimate of drug-likeness (QED) is 0.562. The van der Waals surface area contributed by atoms with Gasteiger partial charge in [-0.2, -0.15) is 5.10 Å². The number of hydrogen-bond acceptors (Lipinski definition) is 7. The number of H-pyrrole nitrogens is 1. The van der Waals surface area contributed by atoms with Crippen LogP contribution in [0.3, 0.4) is 0 Å². The molecule has 0 atom stereocenters. The van der Waals surface area contributed by atoms with Crippen molar-refractivity contribution in [3.63, 3.8) is 0 Å². The summed E-state index contributed by atoms with van der Waals surface area (Å²) in [7, 11) is 0. The number of carbonyl (C=O) groups excluding carboxylic acids is 1. The fourth-order valence-corrected chi connectivity index (χ4v) is 3.10. The van der Waals surface area contributed by atoms with Gasteiger partial charge in [0.05, 0.1) is 18.4 Å². The molecule has 4 heterocycles. The van der Waals surface area contributed by atoms with Crippen molar-refractivity contribution in [2.24, 2.45) is 0 Å². The van der Waals surface area contributed by atoms with E-state index in [9.17, 15) is 4.79 Å². The Morgan fingerprint density at radius 2 is 2.27 bits per heavy atom. The normalized spacial score (nSPS) is 10.8. The molecular weight excluding hydrogens is 352 g/mol. The average molecular weight is 366 g/mol. The van der Waals surface area contributed by atoms with Crippen molar-refractivity contribution < 1.29 is 9.21 Å². The summed E-state index contributed by atoms with van der Waals surface area (Å²) in [4.78, 5) is 25.0. The molecule has 0 unspecified atom stereocenters. The SMILES string of the molecule is Cc1ccc(-c2cc(C(=O)NCc3csc(-c4cnccn4)n3)n[nH]2)o1. The summed E-state index contributed by atoms with van der Waals surface area (Å²) in [6.07, 6.45) is 4.89. The van der Waals surface area contributed by atoms with E-state index < -0.39 is 0 Å². The van der Waals surface area contributed by atoms with Gasteiger partial charge in [-0.1, -0.05) is 0 Å². The number of amides is 1. The molecule has 0 aromatic carbocycles. The first-order valence-electron chi connectivity index (χ1n) is 7.80. The number of aryl methyl sites for hydroxylation is 1. The van der Waals surface area contributed by atoms with Crippen molar-refractivity contribution >= 4 is 17.2 Å². The first-order valence-corrected chi connectivity index (χ1v) is 8.68. The van der Waals surface area contributed by atoms with E-state index >= 15 is 0 Å². The minimum Gasteiger partial charge on any atom is -0.460 e. The van der Waals surface area contributed by atoms with E-state index in [0.717, 1.165) is 16.5 Å². The van der Waals surface area contributed by atoms with Crippen LogP contribution in [0.25, 0.3) is 22.2 Å². The van der Waals surface area contributed by atoms with Gasteiger partial charge in [-0.3, -0.25) is 19.9 Å². The fourth-order valence-electron chi connectivity index (χ4n) is 2.32. The first kappa shape index (κ1) is 16.2. The fraction of sp³-hybridized carbons (Fsp3) is 0.118. The molecule has 0 aliphatic rings. The number of nitrogens with one attached hydrogen (secondary N) is 2. The van der Waals surface area contributed by atoms with Crippen molar-refractivity contribution in [2.45, 2.75) is 13.5 Å². The minimum absolute atomic E-state index is 0.287. The highest BCUT2D eigenvalue weighted by atomic mass is 32.1. The maximum atomic E-state index is 12.3. The van der Waals surface area contributed by atoms with Gasteiger partial charge in [0.1, 0.15) is 22.2 Å². The van der Waals surface area contributed by atoms with Crippen LogP contribution in [-0.2, 0) is 6.54 Å². The second kappa shape index (κ2) is 6.89. The monoisotopic (exact) mass is 366 g/mol. The van der Waals surface area contributed by atoms with E-state index in [-0.39, 0.29) is 5.91 Å². The van der Waals surface area contributed by atoms with Gasteiger partial charge in [-0.05, 0) is 19.1 Å². The topological polar surface area (TPSA) is 110 Å². The summed E-state index contributed by atoms with van der Waals surface area (Å²) in [5.41, 5.74) is 2.41. The molecule has 0 saturated carbocycles. The molecule has 0 saturated heterocycles. The summed E-state index contributed by atoms with van der Waals surface area (Å²) in [5.74, 6) is 1.15. The largest absolute Gasteiger partial charge is 0.460 e. The predicted molar refractivity (Wildman–Crippen MR) is 95.3 cm³/mol. The molecule has 4 aromatic heterocycles. The van der Waals surface area contributed by atoms with Crippen LogP contribution < -0.4 is 5.32 Å². The number of furan rings is 1. The highest BCUT2D eigenvalue weighted by Gasteiger charge is 2.14. The van der Waals surface area contributed by atoms with E-state index in [4.69, 9.17) is 4.42 Å². The summed E-state index contributed by atoms with van der Waals surface area (Å²) < 4.78 is 5.51. The van der Waals surface area contributed by atoms with E-state index in [2.05, 4.69) is 30.5 Å². The number of aromatic nitrogens is 5. The molecule has 0 bridgehead atoms. The zero-order valence-electron chi connectivity index (χ0n) is 13.8. The lowest BCUT2D eigenvalue weighted by Gasteiger charge is -1.99. The molecule has 0 fully saturated rings. The van der Waals surface area contributed by atoms with Crippen LogP contribution in [-0.4, -0.2) is 31.1 Å². The third-order valence-corrected chi connectivity index (χ3v) is 4.49. The van der Waals surface area contributed by atoms with Crippen LogP contribution in [0.5, 0.6) is 0 Å². The van der Waals surface area contributed by atoms with E-state index in [1.165, 1.54) is 11.3 Å². The Morgan fingerprint density at radius 1 is 1.35 bits per heavy atom. The number of thiazole rings is 1. The van der Waals surface area contributed by atoms with E-state index in [1.54, 1.807) is 24.7 Å². The lowest BCUT2D eigenvalue weighted by atomic mass is 10.3. The average Bonchev–Trinajstić information content (AvgIpc) is 3.40. The molecular formula is C17H14N6O2S. The van der Waals surface area contributed by atoms with Gasteiger partial charge in [0, 0.05) is 23.8 Å². The first-order chi connectivity index (χ1) is 12.7. The van der Waals surface area contributed by atoms with Crippen molar-refractivity contribution in [3.05, 3.63) is 59.3 Å². The zero-order chi connectivity index (χ0) is 17.9. The van der Waals surface area contributed by atoms with Crippen LogP contribution in [0.1, 0.15) is 21.9 Å². The molecule has 0 aliphatic carbocycles. The number of rotatable bonds is 5. The van der Waals surface area contributed by atoms with Crippen molar-refractivity contribution in [2.75, 3.05) is 0 Å². The number of hydrogen-bond donors (Lipinski definition) is 2. The number of aromatic amines is 1. The number of nitrogens with zero attached hydrogens (tertiary/aromatic N) is 4. The highest BCUT2D eigenvalue weighted by Crippen LogP contribution is 2.21. The lowest BCUT2D eigenvalue weighted by molar-refractivity contribution is 0.0945. The van der Waals surface area contributed by atoms with Gasteiger partial charge in [-0.25, -0.2) is 4.98 Å². The van der Waals surface area contributed by atoms with Crippen LogP contribution in [0, 0.1) is 6.92 Å². The maximum Gasteiger partial charge on any atom is 0.272 e. The smallest absolute Gasteiger partial charge is 0.272 e. The molecule has 0 aliphatic heterocycles. The van der Waals surface area contributed by atoms with E-state index in [0.29, 0.717) is 29.4 Å². The molecule has 8 nitrogen and oxygen atoms in total. The van der Waals surface area contributed by atoms with Crippen LogP contribution in [0.2, 0.25) is 0 Å². The van der Waals surface area contributed by atoms with Gasteiger partial charge in [0.2, 0.25) is 0 Å². The standard InChI is InChI=1S/C17H14N6O2S/c1-10-2-3-15(25-10)12-6-13(23-22-12)16(24)20-7-11-9-26-17(21-11)14-8-18-4-5-19-14/h2-6,8-9H,7H2,1H3,(H,20,24)(H,22,23). The molecule has 0 radical (unpaired) electrons. The Hall–Kier alpha value is -3.33. The Labute approximate surface area is 152 Å². The van der Waals surface area contributed by atoms with Crippen molar-refractivity contribution in [1.29, 1.82) is 0 Å². The van der Waals surface area contributed by atoms with Gasteiger partial charge in [-0.15, -0.1) is 11.3 Å². The molecule has 9 heteroatoms. The van der Waals surface area contributed by atoms with Gasteiger partial charge < -0.3 is 9.73 Å². The third-order valence-electron chi connectivity index (χ3n) is 3.58. The maximum absolute atomic E-state index is 12.3.